The summed E-state index contributed by atoms with van der Waals surface area (Å²) in [6, 6.07) is 0. The summed E-state index contributed by atoms with van der Waals surface area (Å²) in [6.45, 7) is 2.38. The maximum absolute atomic E-state index is 11.2. The minimum absolute atomic E-state index is 0.124. The van der Waals surface area contributed by atoms with Crippen LogP contribution in [0.25, 0.3) is 0 Å². The summed E-state index contributed by atoms with van der Waals surface area (Å²) >= 11 is 0. The minimum atomic E-state index is -0.232. The molecular formula is C14H26O3. The van der Waals surface area contributed by atoms with E-state index in [1.807, 2.05) is 6.92 Å². The van der Waals surface area contributed by atoms with E-state index in [0.717, 1.165) is 12.8 Å². The Bertz CT molecular complexity index is 194. The van der Waals surface area contributed by atoms with Crippen LogP contribution in [0.3, 0.4) is 0 Å². The third kappa shape index (κ3) is 7.37. The number of hydrogen-bond donors (Lipinski definition) is 0. The van der Waals surface area contributed by atoms with Crippen LogP contribution in [0.5, 0.6) is 0 Å². The summed E-state index contributed by atoms with van der Waals surface area (Å²) in [4.78, 5) is 11.2. The summed E-state index contributed by atoms with van der Waals surface area (Å²) < 4.78 is 10.5. The first-order chi connectivity index (χ1) is 8.33. The zero-order valence-corrected chi connectivity index (χ0v) is 11.1. The fourth-order valence-corrected chi connectivity index (χ4v) is 2.33. The number of carbonyl (C=O) groups is 1. The number of carbonyl (C=O) groups excluding carboxylic acids is 1. The Morgan fingerprint density at radius 2 is 1.53 bits per heavy atom. The lowest BCUT2D eigenvalue weighted by molar-refractivity contribution is -0.150. The second-order valence-corrected chi connectivity index (χ2v) is 4.79. The third-order valence-electron chi connectivity index (χ3n) is 3.29. The van der Waals surface area contributed by atoms with Crippen molar-refractivity contribution in [3.8, 4) is 0 Å². The summed E-state index contributed by atoms with van der Waals surface area (Å²) in [6.07, 6.45) is 11.6. The summed E-state index contributed by atoms with van der Waals surface area (Å²) in [5, 5.41) is 0. The van der Waals surface area contributed by atoms with Gasteiger partial charge in [0.1, 0.15) is 6.61 Å². The molecule has 0 aromatic heterocycles. The second kappa shape index (κ2) is 9.46. The molecule has 0 saturated heterocycles. The van der Waals surface area contributed by atoms with E-state index in [9.17, 15) is 4.79 Å². The van der Waals surface area contributed by atoms with Gasteiger partial charge in [0, 0.05) is 0 Å². The van der Waals surface area contributed by atoms with Gasteiger partial charge in [0.25, 0.3) is 0 Å². The van der Waals surface area contributed by atoms with E-state index in [2.05, 4.69) is 0 Å². The largest absolute Gasteiger partial charge is 0.464 e. The van der Waals surface area contributed by atoms with Crippen molar-refractivity contribution in [2.75, 3.05) is 13.2 Å². The summed E-state index contributed by atoms with van der Waals surface area (Å²) in [5.74, 6) is -0.232. The predicted molar refractivity (Wildman–Crippen MR) is 67.9 cm³/mol. The Morgan fingerprint density at radius 1 is 1.00 bits per heavy atom. The van der Waals surface area contributed by atoms with Crippen molar-refractivity contribution < 1.29 is 14.3 Å². The van der Waals surface area contributed by atoms with Crippen molar-refractivity contribution in [1.82, 2.24) is 0 Å². The zero-order chi connectivity index (χ0) is 12.3. The number of hydrogen-bond acceptors (Lipinski definition) is 3. The van der Waals surface area contributed by atoms with E-state index in [4.69, 9.17) is 9.47 Å². The van der Waals surface area contributed by atoms with Crippen LogP contribution in [0.1, 0.15) is 64.7 Å². The number of esters is 1. The quantitative estimate of drug-likeness (QED) is 0.708. The molecule has 0 heterocycles. The number of ether oxygens (including phenoxy) is 2. The van der Waals surface area contributed by atoms with E-state index < -0.39 is 0 Å². The van der Waals surface area contributed by atoms with Crippen molar-refractivity contribution in [3.05, 3.63) is 0 Å². The lowest BCUT2D eigenvalue weighted by Gasteiger charge is -2.18. The van der Waals surface area contributed by atoms with Gasteiger partial charge in [-0.05, 0) is 19.8 Å². The molecule has 100 valence electrons. The first kappa shape index (κ1) is 14.5. The van der Waals surface area contributed by atoms with Crippen LogP contribution in [0.4, 0.5) is 0 Å². The molecule has 1 saturated carbocycles. The van der Waals surface area contributed by atoms with Crippen LogP contribution in [0.15, 0.2) is 0 Å². The molecule has 3 nitrogen and oxygen atoms in total. The Labute approximate surface area is 105 Å². The fourth-order valence-electron chi connectivity index (χ4n) is 2.33. The molecule has 0 aromatic rings. The van der Waals surface area contributed by atoms with Crippen LogP contribution in [0, 0.1) is 0 Å². The third-order valence-corrected chi connectivity index (χ3v) is 3.29. The van der Waals surface area contributed by atoms with Gasteiger partial charge in [-0.2, -0.15) is 0 Å². The molecule has 17 heavy (non-hydrogen) atoms. The highest BCUT2D eigenvalue weighted by atomic mass is 16.6. The molecule has 0 N–H and O–H groups in total. The van der Waals surface area contributed by atoms with Crippen LogP contribution in [-0.2, 0) is 14.3 Å². The van der Waals surface area contributed by atoms with Crippen molar-refractivity contribution in [1.29, 1.82) is 0 Å². The minimum Gasteiger partial charge on any atom is -0.464 e. The Morgan fingerprint density at radius 3 is 2.06 bits per heavy atom. The molecule has 1 rings (SSSR count). The monoisotopic (exact) mass is 242 g/mol. The fraction of sp³-hybridized carbons (Fsp3) is 0.929. The average molecular weight is 242 g/mol. The standard InChI is InChI=1S/C14H26O3/c1-2-16-14(15)12-17-13-10-8-6-4-3-5-7-9-11-13/h13H,2-12H2,1H3. The lowest BCUT2D eigenvalue weighted by atomic mass is 9.99. The molecule has 0 atom stereocenters. The molecule has 0 unspecified atom stereocenters. The SMILES string of the molecule is CCOC(=O)COC1CCCCCCCCC1. The van der Waals surface area contributed by atoms with E-state index in [1.165, 1.54) is 44.9 Å². The molecule has 1 aliphatic rings. The Hall–Kier alpha value is -0.570. The maximum atomic E-state index is 11.2. The van der Waals surface area contributed by atoms with Gasteiger partial charge in [-0.15, -0.1) is 0 Å². The van der Waals surface area contributed by atoms with Crippen molar-refractivity contribution in [2.45, 2.75) is 70.8 Å². The predicted octanol–water partition coefficient (Wildman–Crippen LogP) is 3.46. The van der Waals surface area contributed by atoms with E-state index in [0.29, 0.717) is 6.61 Å². The van der Waals surface area contributed by atoms with E-state index in [-0.39, 0.29) is 18.7 Å². The molecule has 1 fully saturated rings. The smallest absolute Gasteiger partial charge is 0.332 e. The molecule has 3 heteroatoms. The maximum Gasteiger partial charge on any atom is 0.332 e. The van der Waals surface area contributed by atoms with Gasteiger partial charge in [0.15, 0.2) is 0 Å². The molecular weight excluding hydrogens is 216 g/mol. The van der Waals surface area contributed by atoms with Gasteiger partial charge in [-0.3, -0.25) is 0 Å². The van der Waals surface area contributed by atoms with Crippen molar-refractivity contribution in [3.63, 3.8) is 0 Å². The number of rotatable bonds is 4. The molecule has 0 spiro atoms. The molecule has 0 aliphatic heterocycles. The zero-order valence-electron chi connectivity index (χ0n) is 11.1. The lowest BCUT2D eigenvalue weighted by Crippen LogP contribution is -2.20. The topological polar surface area (TPSA) is 35.5 Å². The highest BCUT2D eigenvalue weighted by Gasteiger charge is 2.12. The summed E-state index contributed by atoms with van der Waals surface area (Å²) in [7, 11) is 0. The first-order valence-corrected chi connectivity index (χ1v) is 7.10. The van der Waals surface area contributed by atoms with Gasteiger partial charge >= 0.3 is 5.97 Å². The van der Waals surface area contributed by atoms with Crippen LogP contribution >= 0.6 is 0 Å². The summed E-state index contributed by atoms with van der Waals surface area (Å²) in [5.41, 5.74) is 0. The molecule has 0 aromatic carbocycles. The Balaban J connectivity index is 2.20. The van der Waals surface area contributed by atoms with Crippen LogP contribution in [0.2, 0.25) is 0 Å². The van der Waals surface area contributed by atoms with Crippen LogP contribution < -0.4 is 0 Å². The van der Waals surface area contributed by atoms with Gasteiger partial charge < -0.3 is 9.47 Å². The van der Waals surface area contributed by atoms with Crippen molar-refractivity contribution >= 4 is 5.97 Å². The van der Waals surface area contributed by atoms with Gasteiger partial charge in [0.2, 0.25) is 0 Å². The molecule has 0 bridgehead atoms. The first-order valence-electron chi connectivity index (χ1n) is 7.10. The van der Waals surface area contributed by atoms with E-state index >= 15 is 0 Å². The normalized spacial score (nSPS) is 19.8. The highest BCUT2D eigenvalue weighted by molar-refractivity contribution is 5.70. The Kier molecular flexibility index (Phi) is 8.06. The van der Waals surface area contributed by atoms with Gasteiger partial charge in [-0.25, -0.2) is 4.79 Å². The second-order valence-electron chi connectivity index (χ2n) is 4.79. The average Bonchev–Trinajstić information content (AvgIpc) is 2.34. The van der Waals surface area contributed by atoms with Crippen LogP contribution in [-0.4, -0.2) is 25.3 Å². The molecule has 0 amide bonds. The van der Waals surface area contributed by atoms with Gasteiger partial charge in [0.05, 0.1) is 12.7 Å². The van der Waals surface area contributed by atoms with Crippen molar-refractivity contribution in [2.24, 2.45) is 0 Å². The highest BCUT2D eigenvalue weighted by Crippen LogP contribution is 2.18. The van der Waals surface area contributed by atoms with Gasteiger partial charge in [-0.1, -0.05) is 44.9 Å². The molecule has 0 radical (unpaired) electrons. The van der Waals surface area contributed by atoms with E-state index in [1.54, 1.807) is 0 Å². The molecule has 1 aliphatic carbocycles.